The van der Waals surface area contributed by atoms with E-state index in [4.69, 9.17) is 9.72 Å². The van der Waals surface area contributed by atoms with Crippen LogP contribution in [0.2, 0.25) is 0 Å². The predicted octanol–water partition coefficient (Wildman–Crippen LogP) is 4.39. The van der Waals surface area contributed by atoms with Crippen LogP contribution in [0.25, 0.3) is 11.3 Å². The van der Waals surface area contributed by atoms with Crippen molar-refractivity contribution in [2.24, 2.45) is 11.3 Å². The van der Waals surface area contributed by atoms with Crippen LogP contribution in [0.1, 0.15) is 84.7 Å². The summed E-state index contributed by atoms with van der Waals surface area (Å²) < 4.78 is 36.9. The molecular formula is C44H55F2N7O8. The van der Waals surface area contributed by atoms with E-state index in [2.05, 4.69) is 16.0 Å². The zero-order valence-electron chi connectivity index (χ0n) is 35.4. The molecule has 0 unspecified atom stereocenters. The number of imide groups is 1. The van der Waals surface area contributed by atoms with Crippen molar-refractivity contribution in [2.45, 2.75) is 97.5 Å². The Morgan fingerprint density at radius 1 is 0.984 bits per heavy atom. The molecule has 15 nitrogen and oxygen atoms in total. The molecule has 1 fully saturated rings. The van der Waals surface area contributed by atoms with E-state index in [-0.39, 0.29) is 49.8 Å². The van der Waals surface area contributed by atoms with Gasteiger partial charge in [-0.1, -0.05) is 57.5 Å². The number of carbonyl (C=O) groups is 6. The van der Waals surface area contributed by atoms with Gasteiger partial charge in [0.25, 0.3) is 11.8 Å². The van der Waals surface area contributed by atoms with E-state index >= 15 is 4.39 Å². The molecule has 3 aromatic rings. The Kier molecular flexibility index (Phi) is 14.8. The van der Waals surface area contributed by atoms with Gasteiger partial charge in [-0.15, -0.1) is 0 Å². The molecule has 4 atom stereocenters. The maximum Gasteiger partial charge on any atom is 0.408 e. The lowest BCUT2D eigenvalue weighted by atomic mass is 9.84. The summed E-state index contributed by atoms with van der Waals surface area (Å²) in [7, 11) is 0. The molecule has 0 radical (unpaired) electrons. The molecule has 61 heavy (non-hydrogen) atoms. The summed E-state index contributed by atoms with van der Waals surface area (Å²) in [5.74, 6) is -4.39. The van der Waals surface area contributed by atoms with Gasteiger partial charge in [0.15, 0.2) is 0 Å². The summed E-state index contributed by atoms with van der Waals surface area (Å²) >= 11 is 0. The van der Waals surface area contributed by atoms with Gasteiger partial charge < -0.3 is 35.3 Å². The van der Waals surface area contributed by atoms with Crippen LogP contribution in [0.4, 0.5) is 13.6 Å². The lowest BCUT2D eigenvalue weighted by Crippen LogP contribution is -2.54. The van der Waals surface area contributed by atoms with Crippen molar-refractivity contribution in [2.75, 3.05) is 26.2 Å². The quantitative estimate of drug-likeness (QED) is 0.151. The molecule has 17 heteroatoms. The second-order valence-electron chi connectivity index (χ2n) is 17.3. The molecule has 2 aromatic carbocycles. The molecule has 6 amide bonds. The average Bonchev–Trinajstić information content (AvgIpc) is 3.91. The van der Waals surface area contributed by atoms with Gasteiger partial charge in [0.2, 0.25) is 17.7 Å². The van der Waals surface area contributed by atoms with Crippen molar-refractivity contribution >= 4 is 35.6 Å². The number of hydrogen-bond acceptors (Lipinski definition) is 9. The second-order valence-corrected chi connectivity index (χ2v) is 17.3. The number of benzene rings is 2. The molecule has 1 aliphatic heterocycles. The fourth-order valence-corrected chi connectivity index (χ4v) is 7.65. The Labute approximate surface area is 353 Å². The smallest absolute Gasteiger partial charge is 0.408 e. The van der Waals surface area contributed by atoms with Crippen molar-refractivity contribution in [1.82, 2.24) is 35.3 Å². The summed E-state index contributed by atoms with van der Waals surface area (Å²) in [6, 6.07) is 9.53. The first-order valence-corrected chi connectivity index (χ1v) is 20.3. The summed E-state index contributed by atoms with van der Waals surface area (Å²) in [4.78, 5) is 85.5. The van der Waals surface area contributed by atoms with Crippen LogP contribution < -0.4 is 16.0 Å². The number of carbonyl (C=O) groups excluding carboxylic acids is 6. The van der Waals surface area contributed by atoms with E-state index in [0.717, 1.165) is 40.8 Å². The lowest BCUT2D eigenvalue weighted by Gasteiger charge is -2.40. The maximum absolute atomic E-state index is 15.2. The molecule has 1 saturated carbocycles. The third kappa shape index (κ3) is 12.1. The van der Waals surface area contributed by atoms with Gasteiger partial charge in [0.1, 0.15) is 35.7 Å². The third-order valence-electron chi connectivity index (χ3n) is 10.4. The van der Waals surface area contributed by atoms with Gasteiger partial charge in [-0.05, 0) is 69.2 Å². The Morgan fingerprint density at radius 2 is 1.67 bits per heavy atom. The minimum absolute atomic E-state index is 0.0177. The largest absolute Gasteiger partial charge is 0.444 e. The fourth-order valence-electron chi connectivity index (χ4n) is 7.65. The number of hydrogen-bond donors (Lipinski definition) is 4. The van der Waals surface area contributed by atoms with Crippen LogP contribution in [0.3, 0.4) is 0 Å². The van der Waals surface area contributed by atoms with E-state index in [1.165, 1.54) is 4.90 Å². The van der Waals surface area contributed by atoms with Gasteiger partial charge in [-0.2, -0.15) is 0 Å². The average molecular weight is 848 g/mol. The summed E-state index contributed by atoms with van der Waals surface area (Å²) in [5, 5.41) is 18.6. The molecule has 2 heterocycles. The van der Waals surface area contributed by atoms with Gasteiger partial charge in [0.05, 0.1) is 17.7 Å². The number of halogens is 2. The first-order chi connectivity index (χ1) is 28.7. The standard InChI is InChI=1S/C44H55F2N7O8/c1-43(2,3)38(39-48-34(30-23-28(45)15-16-31(30)46)25-51(39)24-27-11-8-7-9-12-27)53(37(57)26-54)21-19-33(50-42(60)61-44(4,5)6)41(59)49-32-14-10-13-29(32)40(58)47-20-22-52-35(55)17-18-36(52)56/h7-9,11-12,15-18,23,25,29,32-33,38,54H,10,13-14,19-22,24,26H2,1-6H3,(H,47,58)(H,49,59)(H,50,60)/t29-,32+,33-,38-/m0/s1. The summed E-state index contributed by atoms with van der Waals surface area (Å²) in [6.45, 7) is 9.66. The van der Waals surface area contributed by atoms with E-state index < -0.39 is 83.0 Å². The van der Waals surface area contributed by atoms with Crippen molar-refractivity contribution in [3.8, 4) is 11.3 Å². The summed E-state index contributed by atoms with van der Waals surface area (Å²) in [5.41, 5.74) is -0.860. The van der Waals surface area contributed by atoms with E-state index in [0.29, 0.717) is 25.1 Å². The lowest BCUT2D eigenvalue weighted by molar-refractivity contribution is -0.140. The number of nitrogens with one attached hydrogen (secondary N) is 3. The number of imidazole rings is 1. The number of amides is 6. The van der Waals surface area contributed by atoms with Crippen LogP contribution in [0, 0.1) is 23.0 Å². The number of aliphatic hydroxyl groups is 1. The minimum atomic E-state index is -1.30. The molecule has 0 spiro atoms. The van der Waals surface area contributed by atoms with Crippen LogP contribution in [-0.4, -0.2) is 104 Å². The molecule has 0 saturated heterocycles. The fraction of sp³-hybridized carbons (Fsp3) is 0.477. The number of alkyl carbamates (subject to hydrolysis) is 1. The number of rotatable bonds is 16. The first kappa shape index (κ1) is 46.1. The van der Waals surface area contributed by atoms with Crippen molar-refractivity contribution in [1.29, 1.82) is 0 Å². The highest BCUT2D eigenvalue weighted by Gasteiger charge is 2.40. The minimum Gasteiger partial charge on any atom is -0.444 e. The monoisotopic (exact) mass is 847 g/mol. The molecule has 2 aliphatic rings. The topological polar surface area (TPSA) is 192 Å². The Morgan fingerprint density at radius 3 is 2.31 bits per heavy atom. The van der Waals surface area contributed by atoms with Crippen molar-refractivity contribution in [3.05, 3.63) is 89.9 Å². The van der Waals surface area contributed by atoms with E-state index in [1.807, 2.05) is 51.1 Å². The highest BCUT2D eigenvalue weighted by atomic mass is 19.1. The Balaban J connectivity index is 1.43. The van der Waals surface area contributed by atoms with Crippen molar-refractivity contribution in [3.63, 3.8) is 0 Å². The third-order valence-corrected chi connectivity index (χ3v) is 10.4. The second kappa shape index (κ2) is 19.6. The SMILES string of the molecule is CC(C)(C)OC(=O)N[C@@H](CCN(C(=O)CO)[C@@H](c1nc(-c2cc(F)ccc2F)cn1Cc1ccccc1)C(C)(C)C)C(=O)N[C@@H]1CCC[C@@H]1C(=O)NCCN1C(=O)C=CC1=O. The molecule has 5 rings (SSSR count). The molecule has 328 valence electrons. The maximum atomic E-state index is 15.2. The Bertz CT molecular complexity index is 2110. The molecular weight excluding hydrogens is 793 g/mol. The van der Waals surface area contributed by atoms with Crippen LogP contribution >= 0.6 is 0 Å². The van der Waals surface area contributed by atoms with Crippen LogP contribution in [0.5, 0.6) is 0 Å². The zero-order chi connectivity index (χ0) is 44.6. The molecule has 0 bridgehead atoms. The van der Waals surface area contributed by atoms with Crippen LogP contribution in [-0.2, 0) is 35.3 Å². The van der Waals surface area contributed by atoms with Gasteiger partial charge in [-0.3, -0.25) is 28.9 Å². The molecule has 4 N–H and O–H groups in total. The van der Waals surface area contributed by atoms with Gasteiger partial charge >= 0.3 is 6.09 Å². The van der Waals surface area contributed by atoms with Crippen molar-refractivity contribution < 1.29 is 47.4 Å². The predicted molar refractivity (Wildman–Crippen MR) is 220 cm³/mol. The number of nitrogens with zero attached hydrogens (tertiary/aromatic N) is 4. The molecule has 1 aromatic heterocycles. The number of ether oxygens (including phenoxy) is 1. The highest BCUT2D eigenvalue weighted by molar-refractivity contribution is 6.12. The number of aliphatic hydroxyl groups excluding tert-OH is 1. The van der Waals surface area contributed by atoms with E-state index in [1.54, 1.807) is 31.5 Å². The molecule has 1 aliphatic carbocycles. The first-order valence-electron chi connectivity index (χ1n) is 20.3. The van der Waals surface area contributed by atoms with Gasteiger partial charge in [-0.25, -0.2) is 18.6 Å². The van der Waals surface area contributed by atoms with E-state index in [9.17, 15) is 38.3 Å². The normalized spacial score (nSPS) is 17.6. The highest BCUT2D eigenvalue weighted by Crippen LogP contribution is 2.40. The van der Waals surface area contributed by atoms with Gasteiger partial charge in [0, 0.05) is 56.1 Å². The summed E-state index contributed by atoms with van der Waals surface area (Å²) in [6.07, 6.45) is 4.34. The number of aromatic nitrogens is 2. The Hall–Kier alpha value is -5.97. The zero-order valence-corrected chi connectivity index (χ0v) is 35.4. The van der Waals surface area contributed by atoms with Crippen LogP contribution in [0.15, 0.2) is 66.9 Å².